The van der Waals surface area contributed by atoms with Crippen molar-refractivity contribution in [3.05, 3.63) is 29.8 Å². The number of methoxy groups -OCH3 is 1. The largest absolute Gasteiger partial charge is 0.497 e. The third-order valence-electron chi connectivity index (χ3n) is 4.89. The Labute approximate surface area is 162 Å². The summed E-state index contributed by atoms with van der Waals surface area (Å²) in [5.74, 6) is 4.96. The van der Waals surface area contributed by atoms with Crippen LogP contribution in [0.5, 0.6) is 5.75 Å². The van der Waals surface area contributed by atoms with Gasteiger partial charge in [0.15, 0.2) is 0 Å². The highest BCUT2D eigenvalue weighted by atomic mass is 16.5. The molecule has 0 aromatic heterocycles. The number of ether oxygens (including phenoxy) is 2. The Balaban J connectivity index is 0.00000176. The smallest absolute Gasteiger partial charge is 0.289 e. The molecule has 27 heavy (non-hydrogen) atoms. The Hall–Kier alpha value is -1.96. The van der Waals surface area contributed by atoms with E-state index in [1.54, 1.807) is 14.0 Å². The Kier molecular flexibility index (Phi) is 9.99. The molecule has 7 nitrogen and oxygen atoms in total. The number of nitrogens with one attached hydrogen (secondary N) is 2. The molecule has 7 heteroatoms. The molecule has 1 atom stereocenters. The Bertz CT molecular complexity index is 579. The first-order valence-electron chi connectivity index (χ1n) is 9.56. The number of benzene rings is 1. The quantitative estimate of drug-likeness (QED) is 0.361. The number of nitrogens with two attached hydrogens (primary N) is 1. The average Bonchev–Trinajstić information content (AvgIpc) is 2.75. The van der Waals surface area contributed by atoms with E-state index >= 15 is 0 Å². The first kappa shape index (κ1) is 23.1. The summed E-state index contributed by atoms with van der Waals surface area (Å²) in [6.45, 7) is 7.43. The van der Waals surface area contributed by atoms with E-state index in [4.69, 9.17) is 15.3 Å². The van der Waals surface area contributed by atoms with Gasteiger partial charge in [-0.3, -0.25) is 15.4 Å². The first-order valence-corrected chi connectivity index (χ1v) is 9.56. The van der Waals surface area contributed by atoms with Crippen molar-refractivity contribution in [3.63, 3.8) is 0 Å². The lowest BCUT2D eigenvalue weighted by atomic mass is 9.74. The Morgan fingerprint density at radius 2 is 1.81 bits per heavy atom. The molecule has 152 valence electrons. The van der Waals surface area contributed by atoms with E-state index in [9.17, 15) is 9.59 Å². The number of ketones is 1. The van der Waals surface area contributed by atoms with Gasteiger partial charge in [0.1, 0.15) is 5.75 Å². The van der Waals surface area contributed by atoms with Gasteiger partial charge >= 0.3 is 0 Å². The minimum absolute atomic E-state index is 0.252. The number of hydrogen-bond acceptors (Lipinski definition) is 6. The van der Waals surface area contributed by atoms with Crippen molar-refractivity contribution < 1.29 is 19.1 Å². The molecule has 1 aromatic carbocycles. The SMILES string of the molecule is CC.CCC(NN)C(=O)C(=O)NCC1(c2ccc(OC)cc2)CCOCC1. The molecule has 1 amide bonds. The summed E-state index contributed by atoms with van der Waals surface area (Å²) < 4.78 is 10.7. The molecule has 1 heterocycles. The predicted molar refractivity (Wildman–Crippen MR) is 105 cm³/mol. The summed E-state index contributed by atoms with van der Waals surface area (Å²) in [7, 11) is 1.63. The molecule has 2 rings (SSSR count). The number of hydrogen-bond donors (Lipinski definition) is 3. The topological polar surface area (TPSA) is 103 Å². The molecule has 4 N–H and O–H groups in total. The van der Waals surface area contributed by atoms with Gasteiger partial charge in [-0.2, -0.15) is 0 Å². The van der Waals surface area contributed by atoms with Gasteiger partial charge in [-0.05, 0) is 37.0 Å². The van der Waals surface area contributed by atoms with Gasteiger partial charge in [0, 0.05) is 25.2 Å². The van der Waals surface area contributed by atoms with Gasteiger partial charge in [-0.25, -0.2) is 5.43 Å². The number of Topliss-reactive ketones (excluding diaryl/α,β-unsaturated/α-hetero) is 1. The summed E-state index contributed by atoms with van der Waals surface area (Å²) in [5.41, 5.74) is 3.23. The molecule has 1 fully saturated rings. The second-order valence-corrected chi connectivity index (χ2v) is 6.30. The van der Waals surface area contributed by atoms with E-state index < -0.39 is 17.7 Å². The molecule has 0 bridgehead atoms. The zero-order valence-electron chi connectivity index (χ0n) is 16.8. The van der Waals surface area contributed by atoms with Crippen LogP contribution in [0.3, 0.4) is 0 Å². The molecule has 0 spiro atoms. The van der Waals surface area contributed by atoms with Crippen LogP contribution in [0.4, 0.5) is 0 Å². The molecule has 1 aliphatic heterocycles. The van der Waals surface area contributed by atoms with Crippen LogP contribution in [0.15, 0.2) is 24.3 Å². The normalized spacial score (nSPS) is 16.5. The van der Waals surface area contributed by atoms with Gasteiger partial charge in [-0.1, -0.05) is 32.9 Å². The van der Waals surface area contributed by atoms with Crippen LogP contribution < -0.4 is 21.3 Å². The van der Waals surface area contributed by atoms with Gasteiger partial charge in [0.25, 0.3) is 5.91 Å². The highest BCUT2D eigenvalue weighted by Crippen LogP contribution is 2.35. The van der Waals surface area contributed by atoms with E-state index in [2.05, 4.69) is 10.7 Å². The third-order valence-corrected chi connectivity index (χ3v) is 4.89. The Morgan fingerprint density at radius 1 is 1.22 bits per heavy atom. The van der Waals surface area contributed by atoms with Crippen molar-refractivity contribution in [3.8, 4) is 5.75 Å². The van der Waals surface area contributed by atoms with Crippen LogP contribution in [-0.2, 0) is 19.7 Å². The maximum atomic E-state index is 12.2. The summed E-state index contributed by atoms with van der Waals surface area (Å²) in [6.07, 6.45) is 2.01. The van der Waals surface area contributed by atoms with Gasteiger partial charge in [-0.15, -0.1) is 0 Å². The average molecular weight is 380 g/mol. The summed E-state index contributed by atoms with van der Waals surface area (Å²) >= 11 is 0. The lowest BCUT2D eigenvalue weighted by Crippen LogP contribution is -2.51. The van der Waals surface area contributed by atoms with Gasteiger partial charge in [0.05, 0.1) is 13.2 Å². The number of rotatable bonds is 8. The molecule has 1 saturated heterocycles. The van der Waals surface area contributed by atoms with Gasteiger partial charge in [0.2, 0.25) is 5.78 Å². The van der Waals surface area contributed by atoms with Crippen molar-refractivity contribution >= 4 is 11.7 Å². The van der Waals surface area contributed by atoms with Crippen molar-refractivity contribution in [1.29, 1.82) is 0 Å². The van der Waals surface area contributed by atoms with Crippen molar-refractivity contribution in [2.45, 2.75) is 51.5 Å². The number of carbonyl (C=O) groups is 2. The molecular formula is C20H33N3O4. The third kappa shape index (κ3) is 6.02. The predicted octanol–water partition coefficient (Wildman–Crippen LogP) is 1.70. The second-order valence-electron chi connectivity index (χ2n) is 6.30. The fourth-order valence-corrected chi connectivity index (χ4v) is 3.15. The number of carbonyl (C=O) groups excluding carboxylic acids is 2. The van der Waals surface area contributed by atoms with E-state index in [1.165, 1.54) is 0 Å². The lowest BCUT2D eigenvalue weighted by Gasteiger charge is -2.38. The summed E-state index contributed by atoms with van der Waals surface area (Å²) in [4.78, 5) is 24.3. The van der Waals surface area contributed by atoms with Crippen molar-refractivity contribution in [2.75, 3.05) is 26.9 Å². The second kappa shape index (κ2) is 11.7. The van der Waals surface area contributed by atoms with Crippen LogP contribution in [0.25, 0.3) is 0 Å². The maximum Gasteiger partial charge on any atom is 0.289 e. The van der Waals surface area contributed by atoms with Crippen molar-refractivity contribution in [2.24, 2.45) is 5.84 Å². The molecule has 1 aromatic rings. The minimum Gasteiger partial charge on any atom is -0.497 e. The van der Waals surface area contributed by atoms with E-state index in [1.807, 2.05) is 38.1 Å². The van der Waals surface area contributed by atoms with Gasteiger partial charge < -0.3 is 14.8 Å². The van der Waals surface area contributed by atoms with E-state index in [-0.39, 0.29) is 5.41 Å². The zero-order chi connectivity index (χ0) is 20.3. The zero-order valence-corrected chi connectivity index (χ0v) is 16.8. The highest BCUT2D eigenvalue weighted by molar-refractivity contribution is 6.38. The Morgan fingerprint density at radius 3 is 2.30 bits per heavy atom. The van der Waals surface area contributed by atoms with E-state index in [0.717, 1.165) is 24.2 Å². The van der Waals surface area contributed by atoms with Crippen LogP contribution in [0, 0.1) is 0 Å². The molecule has 0 radical (unpaired) electrons. The molecule has 0 saturated carbocycles. The molecule has 1 unspecified atom stereocenters. The fraction of sp³-hybridized carbons (Fsp3) is 0.600. The fourth-order valence-electron chi connectivity index (χ4n) is 3.15. The summed E-state index contributed by atoms with van der Waals surface area (Å²) in [5, 5.41) is 2.80. The monoisotopic (exact) mass is 379 g/mol. The van der Waals surface area contributed by atoms with Crippen LogP contribution in [-0.4, -0.2) is 44.6 Å². The summed E-state index contributed by atoms with van der Waals surface area (Å²) in [6, 6.07) is 7.17. The number of hydrazine groups is 1. The molecule has 1 aliphatic rings. The van der Waals surface area contributed by atoms with Crippen LogP contribution >= 0.6 is 0 Å². The highest BCUT2D eigenvalue weighted by Gasteiger charge is 2.36. The minimum atomic E-state index is -0.661. The number of amides is 1. The standard InChI is InChI=1S/C18H27N3O4.C2H6/c1-3-15(21-19)16(22)17(23)20-12-18(8-10-25-11-9-18)13-4-6-14(24-2)7-5-13;1-2/h4-7,15,21H,3,8-12,19H2,1-2H3,(H,20,23);1-2H3. The van der Waals surface area contributed by atoms with Crippen molar-refractivity contribution in [1.82, 2.24) is 10.7 Å². The molecular weight excluding hydrogens is 346 g/mol. The molecule has 0 aliphatic carbocycles. The van der Waals surface area contributed by atoms with Crippen LogP contribution in [0.1, 0.15) is 45.6 Å². The van der Waals surface area contributed by atoms with Crippen LogP contribution in [0.2, 0.25) is 0 Å². The lowest BCUT2D eigenvalue weighted by molar-refractivity contribution is -0.139. The maximum absolute atomic E-state index is 12.2. The first-order chi connectivity index (χ1) is 13.1. The van der Waals surface area contributed by atoms with E-state index in [0.29, 0.717) is 26.2 Å².